The molecule has 0 aliphatic heterocycles. The van der Waals surface area contributed by atoms with Crippen LogP contribution in [0.2, 0.25) is 0 Å². The molecule has 0 aliphatic carbocycles. The molecule has 0 amide bonds. The van der Waals surface area contributed by atoms with E-state index >= 15 is 0 Å². The summed E-state index contributed by atoms with van der Waals surface area (Å²) in [4.78, 5) is 0. The van der Waals surface area contributed by atoms with Gasteiger partial charge < -0.3 is 5.32 Å². The zero-order valence-corrected chi connectivity index (χ0v) is 11.4. The average Bonchev–Trinajstić information content (AvgIpc) is 2.40. The average molecular weight is 279 g/mol. The van der Waals surface area contributed by atoms with Gasteiger partial charge in [0.15, 0.2) is 0 Å². The highest BCUT2D eigenvalue weighted by Gasteiger charge is 2.09. The van der Waals surface area contributed by atoms with Crippen molar-refractivity contribution in [3.05, 3.63) is 70.5 Å². The number of aryl methyl sites for hydroxylation is 1. The molecule has 1 atom stereocenters. The topological polar surface area (TPSA) is 12.0 Å². The molecule has 0 bridgehead atoms. The van der Waals surface area contributed by atoms with Crippen molar-refractivity contribution in [3.8, 4) is 0 Å². The van der Waals surface area contributed by atoms with Gasteiger partial charge in [-0.3, -0.25) is 0 Å². The number of rotatable bonds is 4. The van der Waals surface area contributed by atoms with E-state index in [0.29, 0.717) is 11.1 Å². The SMILES string of the molecule is Cc1ccc(C(C)NCc2ccc(F)cc2F)cc1F. The molecule has 0 radical (unpaired) electrons. The van der Waals surface area contributed by atoms with Crippen LogP contribution in [0, 0.1) is 24.4 Å². The summed E-state index contributed by atoms with van der Waals surface area (Å²) in [6.07, 6.45) is 0. The maximum absolute atomic E-state index is 13.5. The molecule has 2 aromatic carbocycles. The van der Waals surface area contributed by atoms with E-state index in [2.05, 4.69) is 5.32 Å². The molecule has 0 saturated heterocycles. The van der Waals surface area contributed by atoms with Crippen LogP contribution in [-0.4, -0.2) is 0 Å². The van der Waals surface area contributed by atoms with Crippen molar-refractivity contribution in [3.63, 3.8) is 0 Å². The van der Waals surface area contributed by atoms with Crippen LogP contribution in [-0.2, 0) is 6.54 Å². The first-order valence-electron chi connectivity index (χ1n) is 6.40. The Labute approximate surface area is 116 Å². The lowest BCUT2D eigenvalue weighted by atomic mass is 10.1. The summed E-state index contributed by atoms with van der Waals surface area (Å²) in [5.74, 6) is -1.44. The van der Waals surface area contributed by atoms with Gasteiger partial charge in [0.2, 0.25) is 0 Å². The minimum atomic E-state index is -0.597. The van der Waals surface area contributed by atoms with Crippen molar-refractivity contribution in [2.24, 2.45) is 0 Å². The molecule has 0 heterocycles. The van der Waals surface area contributed by atoms with Gasteiger partial charge in [0.1, 0.15) is 17.5 Å². The van der Waals surface area contributed by atoms with Gasteiger partial charge >= 0.3 is 0 Å². The van der Waals surface area contributed by atoms with Crippen LogP contribution in [0.1, 0.15) is 29.7 Å². The lowest BCUT2D eigenvalue weighted by molar-refractivity contribution is 0.530. The minimum absolute atomic E-state index is 0.130. The third-order valence-corrected chi connectivity index (χ3v) is 3.31. The number of nitrogens with one attached hydrogen (secondary N) is 1. The molecule has 2 rings (SSSR count). The first-order valence-corrected chi connectivity index (χ1v) is 6.40. The zero-order chi connectivity index (χ0) is 14.7. The van der Waals surface area contributed by atoms with Crippen LogP contribution in [0.5, 0.6) is 0 Å². The van der Waals surface area contributed by atoms with Crippen LogP contribution < -0.4 is 5.32 Å². The van der Waals surface area contributed by atoms with Gasteiger partial charge in [0.05, 0.1) is 0 Å². The molecule has 4 heteroatoms. The normalized spacial score (nSPS) is 12.4. The number of benzene rings is 2. The van der Waals surface area contributed by atoms with Crippen molar-refractivity contribution in [1.29, 1.82) is 0 Å². The largest absolute Gasteiger partial charge is 0.306 e. The fourth-order valence-electron chi connectivity index (χ4n) is 1.92. The maximum atomic E-state index is 13.5. The molecule has 20 heavy (non-hydrogen) atoms. The second-order valence-electron chi connectivity index (χ2n) is 4.85. The van der Waals surface area contributed by atoms with E-state index in [1.165, 1.54) is 18.2 Å². The minimum Gasteiger partial charge on any atom is -0.306 e. The summed E-state index contributed by atoms with van der Waals surface area (Å²) in [5.41, 5.74) is 1.76. The van der Waals surface area contributed by atoms with Crippen molar-refractivity contribution >= 4 is 0 Å². The van der Waals surface area contributed by atoms with Crippen LogP contribution in [0.3, 0.4) is 0 Å². The van der Waals surface area contributed by atoms with E-state index in [0.717, 1.165) is 11.6 Å². The first-order chi connectivity index (χ1) is 9.47. The molecule has 0 saturated carbocycles. The van der Waals surface area contributed by atoms with Crippen LogP contribution in [0.25, 0.3) is 0 Å². The lowest BCUT2D eigenvalue weighted by Crippen LogP contribution is -2.19. The maximum Gasteiger partial charge on any atom is 0.130 e. The van der Waals surface area contributed by atoms with Crippen molar-refractivity contribution in [1.82, 2.24) is 5.32 Å². The Morgan fingerprint density at radius 1 is 1.00 bits per heavy atom. The van der Waals surface area contributed by atoms with Crippen LogP contribution in [0.4, 0.5) is 13.2 Å². The highest BCUT2D eigenvalue weighted by atomic mass is 19.1. The fourth-order valence-corrected chi connectivity index (χ4v) is 1.92. The van der Waals surface area contributed by atoms with Gasteiger partial charge in [-0.05, 0) is 37.1 Å². The summed E-state index contributed by atoms with van der Waals surface area (Å²) in [6.45, 7) is 3.82. The third-order valence-electron chi connectivity index (χ3n) is 3.31. The molecular formula is C16H16F3N. The Balaban J connectivity index is 2.04. The van der Waals surface area contributed by atoms with E-state index in [-0.39, 0.29) is 18.4 Å². The molecular weight excluding hydrogens is 263 g/mol. The summed E-state index contributed by atoms with van der Waals surface area (Å²) in [5, 5.41) is 3.09. The smallest absolute Gasteiger partial charge is 0.130 e. The monoisotopic (exact) mass is 279 g/mol. The molecule has 1 unspecified atom stereocenters. The van der Waals surface area contributed by atoms with E-state index < -0.39 is 11.6 Å². The quantitative estimate of drug-likeness (QED) is 0.881. The van der Waals surface area contributed by atoms with Gasteiger partial charge in [-0.15, -0.1) is 0 Å². The summed E-state index contributed by atoms with van der Waals surface area (Å²) in [6, 6.07) is 8.35. The highest BCUT2D eigenvalue weighted by Crippen LogP contribution is 2.17. The molecule has 0 fully saturated rings. The standard InChI is InChI=1S/C16H16F3N/c1-10-3-4-12(7-15(10)18)11(2)20-9-13-5-6-14(17)8-16(13)19/h3-8,11,20H,9H2,1-2H3. The van der Waals surface area contributed by atoms with Gasteiger partial charge in [0.25, 0.3) is 0 Å². The molecule has 106 valence electrons. The van der Waals surface area contributed by atoms with E-state index in [9.17, 15) is 13.2 Å². The Bertz CT molecular complexity index is 611. The Morgan fingerprint density at radius 3 is 2.40 bits per heavy atom. The van der Waals surface area contributed by atoms with Crippen LogP contribution >= 0.6 is 0 Å². The van der Waals surface area contributed by atoms with Gasteiger partial charge in [0, 0.05) is 24.2 Å². The van der Waals surface area contributed by atoms with E-state index in [1.807, 2.05) is 13.0 Å². The number of hydrogen-bond donors (Lipinski definition) is 1. The highest BCUT2D eigenvalue weighted by molar-refractivity contribution is 5.26. The van der Waals surface area contributed by atoms with Crippen molar-refractivity contribution in [2.45, 2.75) is 26.4 Å². The van der Waals surface area contributed by atoms with Gasteiger partial charge in [-0.2, -0.15) is 0 Å². The molecule has 1 nitrogen and oxygen atoms in total. The van der Waals surface area contributed by atoms with E-state index in [4.69, 9.17) is 0 Å². The van der Waals surface area contributed by atoms with E-state index in [1.54, 1.807) is 13.0 Å². The molecule has 1 N–H and O–H groups in total. The lowest BCUT2D eigenvalue weighted by Gasteiger charge is -2.15. The number of halogens is 3. The molecule has 0 aromatic heterocycles. The van der Waals surface area contributed by atoms with Gasteiger partial charge in [-0.1, -0.05) is 18.2 Å². The van der Waals surface area contributed by atoms with Crippen molar-refractivity contribution < 1.29 is 13.2 Å². The Morgan fingerprint density at radius 2 is 1.75 bits per heavy atom. The van der Waals surface area contributed by atoms with Crippen LogP contribution in [0.15, 0.2) is 36.4 Å². The predicted molar refractivity (Wildman–Crippen MR) is 72.7 cm³/mol. The Hall–Kier alpha value is -1.81. The summed E-state index contributed by atoms with van der Waals surface area (Å²) in [7, 11) is 0. The predicted octanol–water partition coefficient (Wildman–Crippen LogP) is 4.26. The number of hydrogen-bond acceptors (Lipinski definition) is 1. The first kappa shape index (κ1) is 14.6. The van der Waals surface area contributed by atoms with Crippen molar-refractivity contribution in [2.75, 3.05) is 0 Å². The summed E-state index contributed by atoms with van der Waals surface area (Å²) < 4.78 is 39.8. The second kappa shape index (κ2) is 6.09. The van der Waals surface area contributed by atoms with Gasteiger partial charge in [-0.25, -0.2) is 13.2 Å². The summed E-state index contributed by atoms with van der Waals surface area (Å²) >= 11 is 0. The second-order valence-corrected chi connectivity index (χ2v) is 4.85. The Kier molecular flexibility index (Phi) is 4.45. The molecule has 0 spiro atoms. The zero-order valence-electron chi connectivity index (χ0n) is 11.4. The fraction of sp³-hybridized carbons (Fsp3) is 0.250. The molecule has 2 aromatic rings. The third kappa shape index (κ3) is 3.39. The molecule has 0 aliphatic rings.